The van der Waals surface area contributed by atoms with E-state index in [4.69, 9.17) is 9.26 Å². The number of ether oxygens (including phenoxy) is 1. The number of carbonyl (C=O) groups excluding carboxylic acids is 1. The van der Waals surface area contributed by atoms with Crippen LogP contribution >= 0.6 is 15.9 Å². The van der Waals surface area contributed by atoms with Crippen LogP contribution in [0.25, 0.3) is 0 Å². The van der Waals surface area contributed by atoms with Crippen molar-refractivity contribution in [1.29, 1.82) is 0 Å². The molecule has 100 valence electrons. The van der Waals surface area contributed by atoms with Gasteiger partial charge in [0.25, 0.3) is 5.91 Å². The smallest absolute Gasteiger partial charge is 0.266 e. The van der Waals surface area contributed by atoms with Crippen LogP contribution in [0.3, 0.4) is 0 Å². The van der Waals surface area contributed by atoms with E-state index in [0.29, 0.717) is 17.3 Å². The first kappa shape index (κ1) is 13.6. The lowest BCUT2D eigenvalue weighted by Gasteiger charge is -2.13. The van der Waals surface area contributed by atoms with Crippen LogP contribution in [0, 0.1) is 6.92 Å². The minimum absolute atomic E-state index is 0.284. The Morgan fingerprint density at radius 2 is 2.26 bits per heavy atom. The van der Waals surface area contributed by atoms with Crippen LogP contribution in [0.4, 0.5) is 5.82 Å². The van der Waals surface area contributed by atoms with Gasteiger partial charge in [-0.15, -0.1) is 0 Å². The van der Waals surface area contributed by atoms with E-state index in [2.05, 4.69) is 26.4 Å². The number of nitrogens with zero attached hydrogens (tertiary/aromatic N) is 1. The van der Waals surface area contributed by atoms with Crippen molar-refractivity contribution in [3.8, 4) is 5.75 Å². The third-order valence-corrected chi connectivity index (χ3v) is 2.85. The van der Waals surface area contributed by atoms with Gasteiger partial charge in [-0.3, -0.25) is 4.79 Å². The quantitative estimate of drug-likeness (QED) is 0.938. The zero-order valence-corrected chi connectivity index (χ0v) is 12.1. The number of amides is 1. The normalized spacial score (nSPS) is 11.9. The third-order valence-electron chi connectivity index (χ3n) is 2.36. The van der Waals surface area contributed by atoms with Gasteiger partial charge in [0.2, 0.25) is 0 Å². The summed E-state index contributed by atoms with van der Waals surface area (Å²) in [6.07, 6.45) is -0.633. The molecule has 0 aliphatic rings. The van der Waals surface area contributed by atoms with Gasteiger partial charge in [-0.25, -0.2) is 0 Å². The predicted molar refractivity (Wildman–Crippen MR) is 74.1 cm³/mol. The van der Waals surface area contributed by atoms with Crippen LogP contribution in [0.15, 0.2) is 39.3 Å². The first-order valence-corrected chi connectivity index (χ1v) is 6.50. The molecule has 1 heterocycles. The molecule has 0 bridgehead atoms. The zero-order chi connectivity index (χ0) is 13.8. The Bertz CT molecular complexity index is 583. The largest absolute Gasteiger partial charge is 0.481 e. The molecule has 19 heavy (non-hydrogen) atoms. The Labute approximate surface area is 119 Å². The molecule has 1 aromatic carbocycles. The molecule has 0 saturated carbocycles. The molecular formula is C13H13BrN2O3. The second kappa shape index (κ2) is 5.88. The Hall–Kier alpha value is -1.82. The number of benzene rings is 1. The fraction of sp³-hybridized carbons (Fsp3) is 0.231. The van der Waals surface area contributed by atoms with E-state index < -0.39 is 6.10 Å². The van der Waals surface area contributed by atoms with Crippen molar-refractivity contribution >= 4 is 27.7 Å². The second-order valence-corrected chi connectivity index (χ2v) is 4.95. The summed E-state index contributed by atoms with van der Waals surface area (Å²) in [5, 5.41) is 6.31. The van der Waals surface area contributed by atoms with Crippen LogP contribution in [-0.2, 0) is 4.79 Å². The van der Waals surface area contributed by atoms with Gasteiger partial charge >= 0.3 is 0 Å². The number of anilines is 1. The van der Waals surface area contributed by atoms with Gasteiger partial charge in [0.1, 0.15) is 11.5 Å². The zero-order valence-electron chi connectivity index (χ0n) is 10.5. The minimum atomic E-state index is -0.633. The average Bonchev–Trinajstić information content (AvgIpc) is 2.74. The van der Waals surface area contributed by atoms with Gasteiger partial charge in [-0.1, -0.05) is 27.2 Å². The first-order valence-electron chi connectivity index (χ1n) is 5.71. The molecule has 1 N–H and O–H groups in total. The van der Waals surface area contributed by atoms with Gasteiger partial charge in [0.05, 0.1) is 0 Å². The molecular weight excluding hydrogens is 312 g/mol. The molecule has 0 aliphatic heterocycles. The second-order valence-electron chi connectivity index (χ2n) is 4.03. The maximum absolute atomic E-state index is 11.9. The van der Waals surface area contributed by atoms with E-state index >= 15 is 0 Å². The highest BCUT2D eigenvalue weighted by Gasteiger charge is 2.16. The Kier molecular flexibility index (Phi) is 4.21. The van der Waals surface area contributed by atoms with Crippen molar-refractivity contribution in [3.63, 3.8) is 0 Å². The van der Waals surface area contributed by atoms with Gasteiger partial charge in [0.15, 0.2) is 11.9 Å². The standard InChI is InChI=1S/C13H13BrN2O3/c1-8-6-12(16-19-8)15-13(17)9(2)18-11-5-3-4-10(14)7-11/h3-7,9H,1-2H3,(H,15,16,17). The van der Waals surface area contributed by atoms with Crippen molar-refractivity contribution in [2.24, 2.45) is 0 Å². The number of aromatic nitrogens is 1. The highest BCUT2D eigenvalue weighted by molar-refractivity contribution is 9.10. The average molecular weight is 325 g/mol. The fourth-order valence-corrected chi connectivity index (χ4v) is 1.83. The summed E-state index contributed by atoms with van der Waals surface area (Å²) in [7, 11) is 0. The molecule has 0 saturated heterocycles. The van der Waals surface area contributed by atoms with Crippen molar-refractivity contribution in [2.75, 3.05) is 5.32 Å². The lowest BCUT2D eigenvalue weighted by molar-refractivity contribution is -0.122. The van der Waals surface area contributed by atoms with Crippen LogP contribution in [0.2, 0.25) is 0 Å². The number of aryl methyl sites for hydroxylation is 1. The molecule has 5 nitrogen and oxygen atoms in total. The van der Waals surface area contributed by atoms with Crippen molar-refractivity contribution in [1.82, 2.24) is 5.16 Å². The molecule has 6 heteroatoms. The van der Waals surface area contributed by atoms with Crippen LogP contribution < -0.4 is 10.1 Å². The molecule has 0 radical (unpaired) electrons. The number of hydrogen-bond donors (Lipinski definition) is 1. The van der Waals surface area contributed by atoms with Gasteiger partial charge in [-0.2, -0.15) is 0 Å². The topological polar surface area (TPSA) is 64.4 Å². The maximum Gasteiger partial charge on any atom is 0.266 e. The van der Waals surface area contributed by atoms with Crippen LogP contribution in [-0.4, -0.2) is 17.2 Å². The molecule has 2 aromatic rings. The predicted octanol–water partition coefficient (Wildman–Crippen LogP) is 3.15. The first-order chi connectivity index (χ1) is 9.04. The highest BCUT2D eigenvalue weighted by Crippen LogP contribution is 2.19. The summed E-state index contributed by atoms with van der Waals surface area (Å²) in [6.45, 7) is 3.42. The van der Waals surface area contributed by atoms with E-state index in [-0.39, 0.29) is 5.91 Å². The molecule has 0 aliphatic carbocycles. The maximum atomic E-state index is 11.9. The lowest BCUT2D eigenvalue weighted by atomic mass is 10.3. The van der Waals surface area contributed by atoms with E-state index in [0.717, 1.165) is 4.47 Å². The molecule has 1 amide bonds. The summed E-state index contributed by atoms with van der Waals surface area (Å²) in [6, 6.07) is 8.95. The Morgan fingerprint density at radius 1 is 1.47 bits per heavy atom. The highest BCUT2D eigenvalue weighted by atomic mass is 79.9. The summed E-state index contributed by atoms with van der Waals surface area (Å²) in [4.78, 5) is 11.9. The molecule has 1 aromatic heterocycles. The summed E-state index contributed by atoms with van der Waals surface area (Å²) in [5.41, 5.74) is 0. The number of nitrogens with one attached hydrogen (secondary N) is 1. The minimum Gasteiger partial charge on any atom is -0.481 e. The summed E-state index contributed by atoms with van der Waals surface area (Å²) >= 11 is 3.34. The monoisotopic (exact) mass is 324 g/mol. The number of hydrogen-bond acceptors (Lipinski definition) is 4. The number of rotatable bonds is 4. The molecule has 0 spiro atoms. The van der Waals surface area contributed by atoms with Crippen molar-refractivity contribution in [2.45, 2.75) is 20.0 Å². The molecule has 1 unspecified atom stereocenters. The molecule has 2 rings (SSSR count). The van der Waals surface area contributed by atoms with Gasteiger partial charge in [0, 0.05) is 10.5 Å². The van der Waals surface area contributed by atoms with Crippen LogP contribution in [0.1, 0.15) is 12.7 Å². The van der Waals surface area contributed by atoms with E-state index in [9.17, 15) is 4.79 Å². The van der Waals surface area contributed by atoms with E-state index in [1.807, 2.05) is 12.1 Å². The van der Waals surface area contributed by atoms with Crippen LogP contribution in [0.5, 0.6) is 5.75 Å². The SMILES string of the molecule is Cc1cc(NC(=O)C(C)Oc2cccc(Br)c2)no1. The van der Waals surface area contributed by atoms with Crippen molar-refractivity contribution < 1.29 is 14.1 Å². The van der Waals surface area contributed by atoms with Gasteiger partial charge < -0.3 is 14.6 Å². The Morgan fingerprint density at radius 3 is 2.89 bits per heavy atom. The number of halogens is 1. The van der Waals surface area contributed by atoms with E-state index in [1.165, 1.54) is 0 Å². The van der Waals surface area contributed by atoms with Crippen molar-refractivity contribution in [3.05, 3.63) is 40.6 Å². The molecule has 1 atom stereocenters. The van der Waals surface area contributed by atoms with E-state index in [1.54, 1.807) is 32.0 Å². The van der Waals surface area contributed by atoms with Gasteiger partial charge in [-0.05, 0) is 32.0 Å². The number of carbonyl (C=O) groups is 1. The summed E-state index contributed by atoms with van der Waals surface area (Å²) < 4.78 is 11.3. The Balaban J connectivity index is 1.96. The fourth-order valence-electron chi connectivity index (χ4n) is 1.45. The third kappa shape index (κ3) is 3.82. The lowest BCUT2D eigenvalue weighted by Crippen LogP contribution is -2.30. The summed E-state index contributed by atoms with van der Waals surface area (Å²) in [5.74, 6) is 1.35. The molecule has 0 fully saturated rings.